The minimum absolute atomic E-state index is 0.0166. The van der Waals surface area contributed by atoms with E-state index in [4.69, 9.17) is 28.9 Å². The van der Waals surface area contributed by atoms with E-state index in [1.807, 2.05) is 0 Å². The number of halogens is 5. The van der Waals surface area contributed by atoms with E-state index in [1.54, 1.807) is 31.2 Å². The Morgan fingerprint density at radius 2 is 2.00 bits per heavy atom. The highest BCUT2D eigenvalue weighted by atomic mass is 35.5. The summed E-state index contributed by atoms with van der Waals surface area (Å²) in [6.07, 6.45) is 5.22. The van der Waals surface area contributed by atoms with Crippen LogP contribution >= 0.6 is 23.2 Å². The molecule has 43 heavy (non-hydrogen) atoms. The molecule has 4 N–H and O–H groups in total. The second-order valence-corrected chi connectivity index (χ2v) is 10.9. The molecule has 2 unspecified atom stereocenters. The number of hydrogen-bond acceptors (Lipinski definition) is 6. The lowest BCUT2D eigenvalue weighted by molar-refractivity contribution is -0.119. The van der Waals surface area contributed by atoms with Crippen LogP contribution in [0.5, 0.6) is 0 Å². The maximum Gasteiger partial charge on any atom is 0.333 e. The largest absolute Gasteiger partial charge is 0.388 e. The second kappa shape index (κ2) is 12.5. The van der Waals surface area contributed by atoms with Crippen molar-refractivity contribution in [1.82, 2.24) is 19.3 Å². The first-order chi connectivity index (χ1) is 20.5. The molecule has 2 aromatic carbocycles. The van der Waals surface area contributed by atoms with Crippen molar-refractivity contribution in [3.8, 4) is 22.5 Å². The number of carbonyl (C=O) groups excluding carboxylic acids is 1. The first kappa shape index (κ1) is 30.2. The Morgan fingerprint density at radius 3 is 2.72 bits per heavy atom. The van der Waals surface area contributed by atoms with Crippen LogP contribution < -0.4 is 21.9 Å². The SMILES string of the molecule is CC1CCCC(n2cnc(-c3c(N/C=C(\N)Cl)ccc(Cl)c3F)cc2=O)c2cccc(c2)-c2c(cnn2C(F)F)NC1=O. The summed E-state index contributed by atoms with van der Waals surface area (Å²) in [6.45, 7) is -1.21. The van der Waals surface area contributed by atoms with Gasteiger partial charge in [0.15, 0.2) is 5.82 Å². The van der Waals surface area contributed by atoms with Crippen molar-refractivity contribution in [2.45, 2.75) is 38.8 Å². The Hall–Kier alpha value is -4.29. The number of fused-ring (bicyclic) bond motifs is 4. The zero-order valence-electron chi connectivity index (χ0n) is 22.7. The number of carbonyl (C=O) groups is 1. The summed E-state index contributed by atoms with van der Waals surface area (Å²) >= 11 is 11.7. The Labute approximate surface area is 254 Å². The van der Waals surface area contributed by atoms with E-state index in [9.17, 15) is 18.4 Å². The third kappa shape index (κ3) is 6.25. The Morgan fingerprint density at radius 1 is 1.21 bits per heavy atom. The highest BCUT2D eigenvalue weighted by Crippen LogP contribution is 2.36. The lowest BCUT2D eigenvalue weighted by atomic mass is 9.94. The summed E-state index contributed by atoms with van der Waals surface area (Å²) in [5.41, 5.74) is 6.42. The van der Waals surface area contributed by atoms with E-state index in [1.165, 1.54) is 41.5 Å². The molecule has 9 nitrogen and oxygen atoms in total. The molecule has 0 aliphatic carbocycles. The van der Waals surface area contributed by atoms with E-state index in [-0.39, 0.29) is 44.4 Å². The molecule has 1 amide bonds. The van der Waals surface area contributed by atoms with Gasteiger partial charge in [-0.25, -0.2) is 14.1 Å². The molecule has 0 spiro atoms. The molecular formula is C29H26Cl2F3N7O2. The van der Waals surface area contributed by atoms with E-state index < -0.39 is 29.9 Å². The fraction of sp³-hybridized carbons (Fsp3) is 0.241. The van der Waals surface area contributed by atoms with Crippen molar-refractivity contribution in [2.24, 2.45) is 11.7 Å². The van der Waals surface area contributed by atoms with Crippen LogP contribution in [-0.2, 0) is 4.79 Å². The van der Waals surface area contributed by atoms with Crippen molar-refractivity contribution >= 4 is 40.5 Å². The van der Waals surface area contributed by atoms with Gasteiger partial charge in [-0.15, -0.1) is 0 Å². The number of amides is 1. The van der Waals surface area contributed by atoms with Gasteiger partial charge in [0.25, 0.3) is 5.56 Å². The number of benzene rings is 2. The third-order valence-electron chi connectivity index (χ3n) is 7.23. The predicted molar refractivity (Wildman–Crippen MR) is 159 cm³/mol. The van der Waals surface area contributed by atoms with Crippen LogP contribution in [0.15, 0.2) is 71.1 Å². The summed E-state index contributed by atoms with van der Waals surface area (Å²) < 4.78 is 45.0. The molecule has 1 aliphatic rings. The molecule has 2 aromatic heterocycles. The number of nitrogens with one attached hydrogen (secondary N) is 2. The fourth-order valence-electron chi connectivity index (χ4n) is 5.10. The minimum Gasteiger partial charge on any atom is -0.388 e. The Bertz CT molecular complexity index is 1770. The van der Waals surface area contributed by atoms with Crippen molar-refractivity contribution in [3.63, 3.8) is 0 Å². The second-order valence-electron chi connectivity index (χ2n) is 10.1. The fourth-order valence-corrected chi connectivity index (χ4v) is 5.31. The summed E-state index contributed by atoms with van der Waals surface area (Å²) in [5, 5.41) is 9.06. The molecule has 0 radical (unpaired) electrons. The van der Waals surface area contributed by atoms with Crippen molar-refractivity contribution in [2.75, 3.05) is 10.6 Å². The molecule has 3 heterocycles. The van der Waals surface area contributed by atoms with Gasteiger partial charge in [0, 0.05) is 23.7 Å². The van der Waals surface area contributed by atoms with Gasteiger partial charge in [-0.05, 0) is 36.6 Å². The number of rotatable bonds is 5. The number of aromatic nitrogens is 4. The van der Waals surface area contributed by atoms with Gasteiger partial charge >= 0.3 is 6.55 Å². The monoisotopic (exact) mass is 631 g/mol. The zero-order valence-corrected chi connectivity index (χ0v) is 24.2. The average Bonchev–Trinajstić information content (AvgIpc) is 3.39. The first-order valence-electron chi connectivity index (χ1n) is 13.3. The summed E-state index contributed by atoms with van der Waals surface area (Å²) in [7, 11) is 0. The maximum absolute atomic E-state index is 15.2. The Balaban J connectivity index is 1.62. The van der Waals surface area contributed by atoms with E-state index in [0.29, 0.717) is 35.1 Å². The molecule has 2 bridgehead atoms. The molecule has 1 aliphatic heterocycles. The van der Waals surface area contributed by atoms with Crippen molar-refractivity contribution in [3.05, 3.63) is 93.1 Å². The minimum atomic E-state index is -2.95. The quantitative estimate of drug-likeness (QED) is 0.210. The van der Waals surface area contributed by atoms with Gasteiger partial charge in [0.05, 0.1) is 51.9 Å². The highest BCUT2D eigenvalue weighted by Gasteiger charge is 2.26. The molecule has 0 fully saturated rings. The van der Waals surface area contributed by atoms with Gasteiger partial charge in [0.2, 0.25) is 5.91 Å². The summed E-state index contributed by atoms with van der Waals surface area (Å²) in [4.78, 5) is 30.9. The molecule has 14 heteroatoms. The van der Waals surface area contributed by atoms with Crippen LogP contribution in [0, 0.1) is 11.7 Å². The highest BCUT2D eigenvalue weighted by molar-refractivity contribution is 6.31. The summed E-state index contributed by atoms with van der Waals surface area (Å²) in [6, 6.07) is 10.2. The van der Waals surface area contributed by atoms with Crippen LogP contribution in [0.2, 0.25) is 5.02 Å². The number of nitrogens with two attached hydrogens (primary N) is 1. The molecule has 4 aromatic rings. The number of hydrogen-bond donors (Lipinski definition) is 3. The average molecular weight is 632 g/mol. The van der Waals surface area contributed by atoms with Gasteiger partial charge in [-0.1, -0.05) is 54.7 Å². The maximum atomic E-state index is 15.2. The van der Waals surface area contributed by atoms with Crippen LogP contribution in [-0.4, -0.2) is 25.2 Å². The van der Waals surface area contributed by atoms with Gasteiger partial charge in [0.1, 0.15) is 5.16 Å². The summed E-state index contributed by atoms with van der Waals surface area (Å²) in [5.74, 6) is -1.56. The van der Waals surface area contributed by atoms with Crippen LogP contribution in [0.3, 0.4) is 0 Å². The molecule has 2 atom stereocenters. The number of alkyl halides is 2. The Kier molecular flexibility index (Phi) is 8.79. The lowest BCUT2D eigenvalue weighted by Gasteiger charge is -2.23. The molecule has 0 saturated carbocycles. The van der Waals surface area contributed by atoms with Crippen molar-refractivity contribution < 1.29 is 18.0 Å². The molecule has 5 rings (SSSR count). The standard InChI is InChI=1S/C29H26Cl2F3N7O2/c1-15-4-2-7-22(16-5-3-6-17(10-16)27-21(39-28(15)43)12-38-41(27)29(33)34)40-14-37-20(11-24(40)42)25-19(36-13-23(31)35)9-8-18(30)26(25)32/h3,5-6,8-15,22,29,36H,2,4,7,35H2,1H3,(H,39,43)/b23-13-. The zero-order chi connectivity index (χ0) is 30.8. The third-order valence-corrected chi connectivity index (χ3v) is 7.63. The van der Waals surface area contributed by atoms with E-state index in [0.717, 1.165) is 0 Å². The normalized spacial score (nSPS) is 17.6. The van der Waals surface area contributed by atoms with Crippen LogP contribution in [0.25, 0.3) is 22.5 Å². The number of nitrogens with zero attached hydrogens (tertiary/aromatic N) is 4. The van der Waals surface area contributed by atoms with Crippen LogP contribution in [0.4, 0.5) is 24.5 Å². The van der Waals surface area contributed by atoms with Crippen molar-refractivity contribution in [1.29, 1.82) is 0 Å². The predicted octanol–water partition coefficient (Wildman–Crippen LogP) is 6.72. The topological polar surface area (TPSA) is 120 Å². The number of anilines is 2. The molecule has 224 valence electrons. The van der Waals surface area contributed by atoms with Crippen LogP contribution in [0.1, 0.15) is 44.3 Å². The molecule has 0 saturated heterocycles. The van der Waals surface area contributed by atoms with Gasteiger partial charge in [-0.2, -0.15) is 13.9 Å². The van der Waals surface area contributed by atoms with Gasteiger partial charge in [-0.3, -0.25) is 14.2 Å². The smallest absolute Gasteiger partial charge is 0.333 e. The first-order valence-corrected chi connectivity index (χ1v) is 14.0. The van der Waals surface area contributed by atoms with E-state index >= 15 is 4.39 Å². The van der Waals surface area contributed by atoms with Gasteiger partial charge < -0.3 is 16.4 Å². The lowest BCUT2D eigenvalue weighted by Crippen LogP contribution is -2.26. The van der Waals surface area contributed by atoms with E-state index in [2.05, 4.69) is 20.7 Å². The molecular weight excluding hydrogens is 606 g/mol.